The molecule has 5 aromatic carbocycles. The number of nitrogens with one attached hydrogen (secondary N) is 2. The van der Waals surface area contributed by atoms with E-state index in [4.69, 9.17) is 15.6 Å². The van der Waals surface area contributed by atoms with Crippen LogP contribution in [0.1, 0.15) is 11.1 Å². The minimum atomic E-state index is -4.06. The van der Waals surface area contributed by atoms with Gasteiger partial charge in [-0.15, -0.1) is 0 Å². The smallest absolute Gasteiger partial charge is 0.241 e. The summed E-state index contributed by atoms with van der Waals surface area (Å²) in [6.07, 6.45) is 0. The summed E-state index contributed by atoms with van der Waals surface area (Å²) < 4.78 is 31.1. The SMILES string of the molecule is NS(=O)(=O)c1cc(CNc2ccccc2)cc(NCc2ccccc2)c1Oc1ccccc1.Nc1ccccc1. The van der Waals surface area contributed by atoms with Gasteiger partial charge in [0.05, 0.1) is 5.69 Å². The van der Waals surface area contributed by atoms with Crippen LogP contribution in [0.2, 0.25) is 0 Å². The number of anilines is 3. The molecule has 0 amide bonds. The first-order valence-corrected chi connectivity index (χ1v) is 14.2. The molecule has 0 atom stereocenters. The van der Waals surface area contributed by atoms with Gasteiger partial charge in [-0.2, -0.15) is 0 Å². The fourth-order valence-electron chi connectivity index (χ4n) is 3.82. The Bertz CT molecular complexity index is 1580. The summed E-state index contributed by atoms with van der Waals surface area (Å²) in [7, 11) is -4.06. The lowest BCUT2D eigenvalue weighted by atomic mass is 10.1. The van der Waals surface area contributed by atoms with Crippen molar-refractivity contribution in [2.75, 3.05) is 16.4 Å². The van der Waals surface area contributed by atoms with Gasteiger partial charge in [-0.05, 0) is 59.7 Å². The maximum Gasteiger partial charge on any atom is 0.241 e. The van der Waals surface area contributed by atoms with Crippen molar-refractivity contribution in [1.29, 1.82) is 0 Å². The second kappa shape index (κ2) is 13.8. The highest BCUT2D eigenvalue weighted by atomic mass is 32.2. The second-order valence-corrected chi connectivity index (χ2v) is 10.4. The van der Waals surface area contributed by atoms with Gasteiger partial charge >= 0.3 is 0 Å². The number of nitrogen functional groups attached to an aromatic ring is 1. The zero-order valence-electron chi connectivity index (χ0n) is 21.9. The summed E-state index contributed by atoms with van der Waals surface area (Å²) in [5, 5.41) is 12.2. The van der Waals surface area contributed by atoms with Crippen molar-refractivity contribution in [2.45, 2.75) is 18.0 Å². The van der Waals surface area contributed by atoms with Gasteiger partial charge in [0, 0.05) is 24.5 Å². The van der Waals surface area contributed by atoms with Crippen LogP contribution in [-0.4, -0.2) is 8.42 Å². The molecule has 0 heterocycles. The number of rotatable bonds is 9. The van der Waals surface area contributed by atoms with Gasteiger partial charge < -0.3 is 21.1 Å². The molecule has 5 aromatic rings. The van der Waals surface area contributed by atoms with Crippen LogP contribution in [0.3, 0.4) is 0 Å². The molecular formula is C32H32N4O3S. The maximum atomic E-state index is 12.5. The van der Waals surface area contributed by atoms with Crippen molar-refractivity contribution < 1.29 is 13.2 Å². The molecule has 0 saturated carbocycles. The van der Waals surface area contributed by atoms with Crippen LogP contribution in [0.15, 0.2) is 138 Å². The predicted molar refractivity (Wildman–Crippen MR) is 163 cm³/mol. The first-order chi connectivity index (χ1) is 19.4. The van der Waals surface area contributed by atoms with Gasteiger partial charge in [0.15, 0.2) is 5.75 Å². The molecular weight excluding hydrogens is 520 g/mol. The summed E-state index contributed by atoms with van der Waals surface area (Å²) in [4.78, 5) is -0.0747. The Labute approximate surface area is 235 Å². The van der Waals surface area contributed by atoms with Crippen molar-refractivity contribution >= 4 is 27.1 Å². The largest absolute Gasteiger partial charge is 0.454 e. The Morgan fingerprint density at radius 1 is 0.625 bits per heavy atom. The number of benzene rings is 5. The van der Waals surface area contributed by atoms with Gasteiger partial charge in [0.25, 0.3) is 0 Å². The van der Waals surface area contributed by atoms with E-state index < -0.39 is 10.0 Å². The molecule has 8 heteroatoms. The molecule has 0 fully saturated rings. The second-order valence-electron chi connectivity index (χ2n) is 8.90. The molecule has 0 aromatic heterocycles. The third-order valence-corrected chi connectivity index (χ3v) is 6.70. The third-order valence-electron chi connectivity index (χ3n) is 5.78. The highest BCUT2D eigenvalue weighted by Gasteiger charge is 2.22. The van der Waals surface area contributed by atoms with Crippen LogP contribution in [0.5, 0.6) is 11.5 Å². The quantitative estimate of drug-likeness (QED) is 0.153. The number of sulfonamides is 1. The Morgan fingerprint density at radius 3 is 1.70 bits per heavy atom. The average molecular weight is 553 g/mol. The Morgan fingerprint density at radius 2 is 1.15 bits per heavy atom. The number of ether oxygens (including phenoxy) is 1. The molecule has 7 nitrogen and oxygen atoms in total. The van der Waals surface area contributed by atoms with E-state index in [0.717, 1.165) is 22.5 Å². The summed E-state index contributed by atoms with van der Waals surface area (Å²) in [5.74, 6) is 0.684. The van der Waals surface area contributed by atoms with Gasteiger partial charge in [-0.3, -0.25) is 0 Å². The van der Waals surface area contributed by atoms with E-state index >= 15 is 0 Å². The summed E-state index contributed by atoms with van der Waals surface area (Å²) in [6, 6.07) is 41.5. The van der Waals surface area contributed by atoms with E-state index in [0.29, 0.717) is 24.5 Å². The minimum Gasteiger partial charge on any atom is -0.454 e. The monoisotopic (exact) mass is 552 g/mol. The van der Waals surface area contributed by atoms with Crippen LogP contribution in [0, 0.1) is 0 Å². The summed E-state index contributed by atoms with van der Waals surface area (Å²) >= 11 is 0. The number of nitrogens with two attached hydrogens (primary N) is 2. The molecule has 0 unspecified atom stereocenters. The first-order valence-electron chi connectivity index (χ1n) is 12.7. The van der Waals surface area contributed by atoms with E-state index in [1.54, 1.807) is 18.2 Å². The fraction of sp³-hybridized carbons (Fsp3) is 0.0625. The fourth-order valence-corrected chi connectivity index (χ4v) is 4.55. The lowest BCUT2D eigenvalue weighted by Crippen LogP contribution is -2.15. The third kappa shape index (κ3) is 8.62. The van der Waals surface area contributed by atoms with Gasteiger partial charge in [0.2, 0.25) is 10.0 Å². The van der Waals surface area contributed by atoms with E-state index in [-0.39, 0.29) is 10.6 Å². The number of hydrogen-bond acceptors (Lipinski definition) is 6. The van der Waals surface area contributed by atoms with Crippen LogP contribution in [-0.2, 0) is 23.1 Å². The van der Waals surface area contributed by atoms with Crippen LogP contribution in [0.4, 0.5) is 17.1 Å². The number of primary sulfonamides is 1. The van der Waals surface area contributed by atoms with Crippen molar-refractivity contribution in [1.82, 2.24) is 0 Å². The van der Waals surface area contributed by atoms with Crippen LogP contribution >= 0.6 is 0 Å². The highest BCUT2D eigenvalue weighted by Crippen LogP contribution is 2.37. The van der Waals surface area contributed by atoms with Crippen molar-refractivity contribution in [3.63, 3.8) is 0 Å². The standard InChI is InChI=1S/C26H25N3O3S.C6H7N/c27-33(30,31)25-17-21(19-28-22-12-6-2-7-13-22)16-24(29-18-20-10-4-1-5-11-20)26(25)32-23-14-8-3-9-15-23;7-6-4-2-1-3-5-6/h1-17,28-29H,18-19H2,(H2,27,30,31);1-5H,7H2. The van der Waals surface area contributed by atoms with Crippen molar-refractivity contribution in [3.05, 3.63) is 145 Å². The van der Waals surface area contributed by atoms with Crippen molar-refractivity contribution in [3.8, 4) is 11.5 Å². The molecule has 6 N–H and O–H groups in total. The van der Waals surface area contributed by atoms with Gasteiger partial charge in [-0.25, -0.2) is 13.6 Å². The van der Waals surface area contributed by atoms with Crippen LogP contribution < -0.4 is 26.2 Å². The topological polar surface area (TPSA) is 119 Å². The predicted octanol–water partition coefficient (Wildman–Crippen LogP) is 6.62. The molecule has 0 aliphatic heterocycles. The lowest BCUT2D eigenvalue weighted by molar-refractivity contribution is 0.469. The molecule has 0 spiro atoms. The zero-order valence-corrected chi connectivity index (χ0v) is 22.7. The molecule has 204 valence electrons. The lowest BCUT2D eigenvalue weighted by Gasteiger charge is -2.18. The maximum absolute atomic E-state index is 12.5. The number of para-hydroxylation sites is 3. The van der Waals surface area contributed by atoms with Crippen LogP contribution in [0.25, 0.3) is 0 Å². The molecule has 0 saturated heterocycles. The molecule has 0 aliphatic carbocycles. The Balaban J connectivity index is 0.000000461. The molecule has 0 aliphatic rings. The van der Waals surface area contributed by atoms with E-state index in [1.165, 1.54) is 0 Å². The Hall–Kier alpha value is -4.79. The number of hydrogen-bond donors (Lipinski definition) is 4. The summed E-state index contributed by atoms with van der Waals surface area (Å²) in [6.45, 7) is 0.907. The van der Waals surface area contributed by atoms with Gasteiger partial charge in [-0.1, -0.05) is 84.9 Å². The normalized spacial score (nSPS) is 10.6. The minimum absolute atomic E-state index is 0.0747. The molecule has 5 rings (SSSR count). The molecule has 0 bridgehead atoms. The summed E-state index contributed by atoms with van der Waals surface area (Å²) in [5.41, 5.74) is 9.45. The molecule has 40 heavy (non-hydrogen) atoms. The van der Waals surface area contributed by atoms with Gasteiger partial charge in [0.1, 0.15) is 10.6 Å². The van der Waals surface area contributed by atoms with Crippen molar-refractivity contribution in [2.24, 2.45) is 5.14 Å². The zero-order chi connectivity index (χ0) is 28.2. The van der Waals surface area contributed by atoms with E-state index in [1.807, 2.05) is 115 Å². The van der Waals surface area contributed by atoms with E-state index in [9.17, 15) is 8.42 Å². The Kier molecular flexibility index (Phi) is 9.77. The van der Waals surface area contributed by atoms with E-state index in [2.05, 4.69) is 10.6 Å². The first kappa shape index (κ1) is 28.2. The highest BCUT2D eigenvalue weighted by molar-refractivity contribution is 7.89. The molecule has 0 radical (unpaired) electrons. The average Bonchev–Trinajstić information content (AvgIpc) is 2.97.